The molecule has 1 N–H and O–H groups in total. The lowest BCUT2D eigenvalue weighted by molar-refractivity contribution is 0.651. The second-order valence-electron chi connectivity index (χ2n) is 5.55. The van der Waals surface area contributed by atoms with E-state index in [0.29, 0.717) is 6.04 Å². The number of aryl methyl sites for hydroxylation is 4. The molecule has 0 aliphatic rings. The molecule has 1 aromatic carbocycles. The lowest BCUT2D eigenvalue weighted by Crippen LogP contribution is -2.21. The zero-order chi connectivity index (χ0) is 15.6. The van der Waals surface area contributed by atoms with Gasteiger partial charge in [-0.25, -0.2) is 0 Å². The van der Waals surface area contributed by atoms with Crippen LogP contribution in [0.25, 0.3) is 0 Å². The van der Waals surface area contributed by atoms with Gasteiger partial charge in [0.2, 0.25) is 0 Å². The van der Waals surface area contributed by atoms with E-state index in [2.05, 4.69) is 48.4 Å². The van der Waals surface area contributed by atoms with Gasteiger partial charge in [-0.05, 0) is 51.4 Å². The number of rotatable bonds is 5. The maximum atomic E-state index is 4.22. The molecule has 1 unspecified atom stereocenters. The third-order valence-corrected chi connectivity index (χ3v) is 4.98. The maximum Gasteiger partial charge on any atom is 0.191 e. The van der Waals surface area contributed by atoms with Crippen molar-refractivity contribution in [1.82, 2.24) is 20.1 Å². The molecule has 0 aliphatic carbocycles. The van der Waals surface area contributed by atoms with E-state index in [1.54, 1.807) is 11.8 Å². The summed E-state index contributed by atoms with van der Waals surface area (Å²) in [5.41, 5.74) is 5.41. The maximum absolute atomic E-state index is 4.22. The van der Waals surface area contributed by atoms with Crippen molar-refractivity contribution in [2.24, 2.45) is 7.05 Å². The van der Waals surface area contributed by atoms with Crippen molar-refractivity contribution in [2.75, 3.05) is 12.8 Å². The van der Waals surface area contributed by atoms with Crippen LogP contribution in [-0.4, -0.2) is 27.6 Å². The van der Waals surface area contributed by atoms with Gasteiger partial charge >= 0.3 is 0 Å². The molecule has 0 radical (unpaired) electrons. The molecule has 2 rings (SSSR count). The van der Waals surface area contributed by atoms with E-state index in [1.807, 2.05) is 25.6 Å². The summed E-state index contributed by atoms with van der Waals surface area (Å²) in [5, 5.41) is 12.7. The van der Waals surface area contributed by atoms with E-state index in [-0.39, 0.29) is 0 Å². The number of hydrogen-bond donors (Lipinski definition) is 1. The summed E-state index contributed by atoms with van der Waals surface area (Å²) in [6.45, 7) is 8.50. The molecule has 0 aliphatic heterocycles. The Morgan fingerprint density at radius 3 is 2.24 bits per heavy atom. The lowest BCUT2D eigenvalue weighted by atomic mass is 9.95. The van der Waals surface area contributed by atoms with Crippen molar-refractivity contribution >= 4 is 11.8 Å². The van der Waals surface area contributed by atoms with Crippen LogP contribution in [0.2, 0.25) is 0 Å². The van der Waals surface area contributed by atoms with Gasteiger partial charge in [0.25, 0.3) is 0 Å². The van der Waals surface area contributed by atoms with Gasteiger partial charge in [0.1, 0.15) is 5.82 Å². The fraction of sp³-hybridized carbons (Fsp3) is 0.500. The van der Waals surface area contributed by atoms with Crippen LogP contribution in [0, 0.1) is 27.7 Å². The molecule has 1 aromatic heterocycles. The van der Waals surface area contributed by atoms with Crippen molar-refractivity contribution in [3.8, 4) is 0 Å². The highest BCUT2D eigenvalue weighted by Crippen LogP contribution is 2.28. The molecule has 2 aromatic rings. The van der Waals surface area contributed by atoms with Crippen molar-refractivity contribution < 1.29 is 0 Å². The zero-order valence-electron chi connectivity index (χ0n) is 13.7. The van der Waals surface area contributed by atoms with Crippen molar-refractivity contribution in [3.63, 3.8) is 0 Å². The molecule has 0 saturated heterocycles. The van der Waals surface area contributed by atoms with Gasteiger partial charge in [0, 0.05) is 18.8 Å². The van der Waals surface area contributed by atoms with Crippen LogP contribution in [-0.2, 0) is 7.05 Å². The Morgan fingerprint density at radius 2 is 1.76 bits per heavy atom. The Balaban J connectivity index is 2.19. The molecular formula is C16H24N4S. The molecular weight excluding hydrogens is 280 g/mol. The van der Waals surface area contributed by atoms with Crippen molar-refractivity contribution in [3.05, 3.63) is 40.2 Å². The number of nitrogens with one attached hydrogen (secondary N) is 1. The first-order valence-electron chi connectivity index (χ1n) is 7.17. The molecule has 5 heteroatoms. The summed E-state index contributed by atoms with van der Waals surface area (Å²) in [6.07, 6.45) is 0. The van der Waals surface area contributed by atoms with Gasteiger partial charge in [-0.1, -0.05) is 29.5 Å². The van der Waals surface area contributed by atoms with E-state index >= 15 is 0 Å². The highest BCUT2D eigenvalue weighted by atomic mass is 32.2. The Hall–Kier alpha value is -1.33. The second-order valence-corrected chi connectivity index (χ2v) is 6.54. The highest BCUT2D eigenvalue weighted by Gasteiger charge is 2.17. The van der Waals surface area contributed by atoms with Gasteiger partial charge in [-0.3, -0.25) is 0 Å². The Bertz CT molecular complexity index is 610. The van der Waals surface area contributed by atoms with E-state index in [1.165, 1.54) is 22.3 Å². The summed E-state index contributed by atoms with van der Waals surface area (Å²) in [4.78, 5) is 0. The molecule has 0 spiro atoms. The third kappa shape index (κ3) is 3.47. The topological polar surface area (TPSA) is 42.7 Å². The fourth-order valence-corrected chi connectivity index (χ4v) is 3.80. The molecule has 4 nitrogen and oxygen atoms in total. The Morgan fingerprint density at radius 1 is 1.14 bits per heavy atom. The highest BCUT2D eigenvalue weighted by molar-refractivity contribution is 7.99. The predicted octanol–water partition coefficient (Wildman–Crippen LogP) is 3.10. The van der Waals surface area contributed by atoms with Gasteiger partial charge in [-0.15, -0.1) is 10.2 Å². The number of nitrogens with zero attached hydrogens (tertiary/aromatic N) is 3. The molecule has 1 heterocycles. The number of aromatic nitrogens is 3. The molecule has 21 heavy (non-hydrogen) atoms. The summed E-state index contributed by atoms with van der Waals surface area (Å²) in [7, 11) is 4.03. The second kappa shape index (κ2) is 6.62. The molecule has 0 bridgehead atoms. The fourth-order valence-electron chi connectivity index (χ4n) is 2.72. The van der Waals surface area contributed by atoms with E-state index in [9.17, 15) is 0 Å². The summed E-state index contributed by atoms with van der Waals surface area (Å²) < 4.78 is 2.03. The van der Waals surface area contributed by atoms with Crippen LogP contribution in [0.4, 0.5) is 0 Å². The van der Waals surface area contributed by atoms with Gasteiger partial charge < -0.3 is 9.88 Å². The smallest absolute Gasteiger partial charge is 0.191 e. The minimum absolute atomic E-state index is 0.313. The molecule has 114 valence electrons. The van der Waals surface area contributed by atoms with Crippen LogP contribution in [0.5, 0.6) is 0 Å². The largest absolute Gasteiger partial charge is 0.312 e. The quantitative estimate of drug-likeness (QED) is 0.862. The minimum Gasteiger partial charge on any atom is -0.312 e. The van der Waals surface area contributed by atoms with E-state index < -0.39 is 0 Å². The molecule has 0 saturated carbocycles. The van der Waals surface area contributed by atoms with Crippen LogP contribution in [0.15, 0.2) is 17.3 Å². The van der Waals surface area contributed by atoms with E-state index in [0.717, 1.165) is 16.7 Å². The van der Waals surface area contributed by atoms with Gasteiger partial charge in [0.05, 0.1) is 0 Å². The first-order chi connectivity index (χ1) is 9.93. The van der Waals surface area contributed by atoms with Crippen molar-refractivity contribution in [2.45, 2.75) is 38.9 Å². The van der Waals surface area contributed by atoms with Crippen molar-refractivity contribution in [1.29, 1.82) is 0 Å². The zero-order valence-corrected chi connectivity index (χ0v) is 14.5. The predicted molar refractivity (Wildman–Crippen MR) is 88.9 cm³/mol. The summed E-state index contributed by atoms with van der Waals surface area (Å²) in [6, 6.07) is 4.82. The molecule has 0 amide bonds. The SMILES string of the molecule is CNC(CSc1nnc(C)n1C)c1c(C)cc(C)cc1C. The van der Waals surface area contributed by atoms with Crippen LogP contribution < -0.4 is 5.32 Å². The van der Waals surface area contributed by atoms with E-state index in [4.69, 9.17) is 0 Å². The van der Waals surface area contributed by atoms with Crippen LogP contribution in [0.3, 0.4) is 0 Å². The monoisotopic (exact) mass is 304 g/mol. The Kier molecular flexibility index (Phi) is 5.06. The normalized spacial score (nSPS) is 12.7. The molecule has 1 atom stereocenters. The Labute approximate surface area is 131 Å². The average Bonchev–Trinajstić information content (AvgIpc) is 2.73. The number of hydrogen-bond acceptors (Lipinski definition) is 4. The number of benzene rings is 1. The first kappa shape index (κ1) is 16.0. The van der Waals surface area contributed by atoms with Crippen LogP contribution in [0.1, 0.15) is 34.1 Å². The lowest BCUT2D eigenvalue weighted by Gasteiger charge is -2.21. The summed E-state index contributed by atoms with van der Waals surface area (Å²) in [5.74, 6) is 1.88. The molecule has 0 fully saturated rings. The van der Waals surface area contributed by atoms with Gasteiger partial charge in [-0.2, -0.15) is 0 Å². The third-order valence-electron chi connectivity index (χ3n) is 3.87. The van der Waals surface area contributed by atoms with Gasteiger partial charge in [0.15, 0.2) is 5.16 Å². The van der Waals surface area contributed by atoms with Crippen LogP contribution >= 0.6 is 11.8 Å². The summed E-state index contributed by atoms with van der Waals surface area (Å²) >= 11 is 1.74. The average molecular weight is 304 g/mol. The number of thioether (sulfide) groups is 1. The minimum atomic E-state index is 0.313. The first-order valence-corrected chi connectivity index (χ1v) is 8.16. The standard InChI is InChI=1S/C16H24N4S/c1-10-7-11(2)15(12(3)8-10)14(17-5)9-21-16-19-18-13(4)20(16)6/h7-8,14,17H,9H2,1-6H3.